The zero-order valence-corrected chi connectivity index (χ0v) is 18.1. The number of pyridine rings is 1. The molecule has 3 aromatic rings. The van der Waals surface area contributed by atoms with E-state index in [4.69, 9.17) is 9.47 Å². The van der Waals surface area contributed by atoms with Crippen LogP contribution in [0, 0.1) is 0 Å². The van der Waals surface area contributed by atoms with Gasteiger partial charge in [-0.25, -0.2) is 4.68 Å². The van der Waals surface area contributed by atoms with E-state index in [2.05, 4.69) is 14.8 Å². The predicted octanol–water partition coefficient (Wildman–Crippen LogP) is 4.80. The van der Waals surface area contributed by atoms with Crippen molar-refractivity contribution < 1.29 is 19.0 Å². The van der Waals surface area contributed by atoms with Crippen molar-refractivity contribution in [2.24, 2.45) is 0 Å². The number of benzene rings is 1. The summed E-state index contributed by atoms with van der Waals surface area (Å²) in [5.41, 5.74) is 3.81. The maximum absolute atomic E-state index is 11.2. The lowest BCUT2D eigenvalue weighted by atomic mass is 10.1. The van der Waals surface area contributed by atoms with E-state index < -0.39 is 0 Å². The lowest BCUT2D eigenvalue weighted by Gasteiger charge is -2.24. The van der Waals surface area contributed by atoms with Gasteiger partial charge < -0.3 is 14.2 Å². The third kappa shape index (κ3) is 5.62. The van der Waals surface area contributed by atoms with Crippen molar-refractivity contribution >= 4 is 12.0 Å². The quantitative estimate of drug-likeness (QED) is 0.475. The highest BCUT2D eigenvalue weighted by Gasteiger charge is 2.20. The standard InChI is InChI=1S/C25H27N3O4/c1-30-25(29)10-5-7-19-6-4-8-20(16-19)18-32-21-11-12-22(26-17-21)23-13-14-27-28(23)24-9-2-3-15-31-24/h4-8,11-14,16-17,24H,2-3,9-10,15,18H2,1H3/b7-5+. The van der Waals surface area contributed by atoms with Gasteiger partial charge in [-0.05, 0) is 54.7 Å². The molecule has 7 heteroatoms. The van der Waals surface area contributed by atoms with Crippen LogP contribution in [-0.2, 0) is 20.9 Å². The van der Waals surface area contributed by atoms with Crippen molar-refractivity contribution in [2.75, 3.05) is 13.7 Å². The van der Waals surface area contributed by atoms with Crippen molar-refractivity contribution in [1.82, 2.24) is 14.8 Å². The molecule has 0 aliphatic carbocycles. The van der Waals surface area contributed by atoms with Crippen LogP contribution in [0.1, 0.15) is 43.0 Å². The van der Waals surface area contributed by atoms with Crippen LogP contribution in [0.2, 0.25) is 0 Å². The Balaban J connectivity index is 1.37. The highest BCUT2D eigenvalue weighted by Crippen LogP contribution is 2.28. The van der Waals surface area contributed by atoms with E-state index in [9.17, 15) is 4.79 Å². The molecule has 1 atom stereocenters. The molecule has 3 heterocycles. The number of methoxy groups -OCH3 is 1. The zero-order chi connectivity index (χ0) is 22.2. The maximum atomic E-state index is 11.2. The molecule has 0 N–H and O–H groups in total. The molecule has 0 spiro atoms. The van der Waals surface area contributed by atoms with Gasteiger partial charge in [-0.2, -0.15) is 5.10 Å². The normalized spacial score (nSPS) is 16.2. The summed E-state index contributed by atoms with van der Waals surface area (Å²) in [6.07, 6.45) is 10.6. The lowest BCUT2D eigenvalue weighted by molar-refractivity contribution is -0.139. The molecule has 0 amide bonds. The minimum Gasteiger partial charge on any atom is -0.487 e. The van der Waals surface area contributed by atoms with Crippen molar-refractivity contribution in [3.63, 3.8) is 0 Å². The predicted molar refractivity (Wildman–Crippen MR) is 121 cm³/mol. The van der Waals surface area contributed by atoms with E-state index in [0.29, 0.717) is 12.4 Å². The number of hydrogen-bond donors (Lipinski definition) is 0. The average molecular weight is 434 g/mol. The largest absolute Gasteiger partial charge is 0.487 e. The van der Waals surface area contributed by atoms with Gasteiger partial charge in [0.1, 0.15) is 12.4 Å². The van der Waals surface area contributed by atoms with Crippen LogP contribution in [-0.4, -0.2) is 34.5 Å². The molecule has 1 fully saturated rings. The number of aromatic nitrogens is 3. The number of hydrogen-bond acceptors (Lipinski definition) is 6. The first-order valence-corrected chi connectivity index (χ1v) is 10.8. The first-order chi connectivity index (χ1) is 15.7. The first-order valence-electron chi connectivity index (χ1n) is 10.8. The molecule has 0 radical (unpaired) electrons. The molecule has 1 aromatic carbocycles. The van der Waals surface area contributed by atoms with Gasteiger partial charge >= 0.3 is 5.97 Å². The van der Waals surface area contributed by atoms with E-state index >= 15 is 0 Å². The van der Waals surface area contributed by atoms with Crippen LogP contribution in [0.4, 0.5) is 0 Å². The highest BCUT2D eigenvalue weighted by molar-refractivity contribution is 5.72. The van der Waals surface area contributed by atoms with Gasteiger partial charge in [-0.1, -0.05) is 30.4 Å². The smallest absolute Gasteiger partial charge is 0.309 e. The minimum atomic E-state index is -0.258. The molecule has 1 unspecified atom stereocenters. The van der Waals surface area contributed by atoms with E-state index in [1.54, 1.807) is 18.5 Å². The Morgan fingerprint density at radius 3 is 2.97 bits per heavy atom. The summed E-state index contributed by atoms with van der Waals surface area (Å²) < 4.78 is 18.3. The van der Waals surface area contributed by atoms with Crippen LogP contribution < -0.4 is 4.74 Å². The van der Waals surface area contributed by atoms with Crippen molar-refractivity contribution in [1.29, 1.82) is 0 Å². The Labute approximate surface area is 187 Å². The molecule has 166 valence electrons. The van der Waals surface area contributed by atoms with Crippen LogP contribution in [0.15, 0.2) is 60.9 Å². The second-order valence-corrected chi connectivity index (χ2v) is 7.58. The van der Waals surface area contributed by atoms with Gasteiger partial charge in [-0.15, -0.1) is 0 Å². The molecular weight excluding hydrogens is 406 g/mol. The van der Waals surface area contributed by atoms with Crippen molar-refractivity contribution in [3.05, 3.63) is 72.1 Å². The minimum absolute atomic E-state index is 0.0274. The Bertz CT molecular complexity index is 1050. The molecule has 7 nitrogen and oxygen atoms in total. The molecule has 32 heavy (non-hydrogen) atoms. The van der Waals surface area contributed by atoms with Gasteiger partial charge in [-0.3, -0.25) is 9.78 Å². The van der Waals surface area contributed by atoms with Crippen LogP contribution >= 0.6 is 0 Å². The van der Waals surface area contributed by atoms with Gasteiger partial charge in [0.15, 0.2) is 6.23 Å². The number of ether oxygens (including phenoxy) is 3. The summed E-state index contributed by atoms with van der Waals surface area (Å²) in [5.74, 6) is 0.436. The fraction of sp³-hybridized carbons (Fsp3) is 0.320. The number of rotatable bonds is 8. The first kappa shape index (κ1) is 21.8. The highest BCUT2D eigenvalue weighted by atomic mass is 16.5. The Morgan fingerprint density at radius 1 is 1.25 bits per heavy atom. The van der Waals surface area contributed by atoms with E-state index in [1.807, 2.05) is 53.2 Å². The van der Waals surface area contributed by atoms with Gasteiger partial charge in [0.05, 0.1) is 31.1 Å². The molecule has 0 saturated carbocycles. The molecule has 4 rings (SSSR count). The van der Waals surface area contributed by atoms with Crippen molar-refractivity contribution in [2.45, 2.75) is 38.5 Å². The third-order valence-electron chi connectivity index (χ3n) is 5.28. The number of carbonyl (C=O) groups excluding carboxylic acids is 1. The fourth-order valence-corrected chi connectivity index (χ4v) is 3.61. The molecule has 1 aliphatic heterocycles. The van der Waals surface area contributed by atoms with Crippen LogP contribution in [0.3, 0.4) is 0 Å². The molecule has 1 aliphatic rings. The Morgan fingerprint density at radius 2 is 2.19 bits per heavy atom. The summed E-state index contributed by atoms with van der Waals surface area (Å²) in [6, 6.07) is 13.8. The van der Waals surface area contributed by atoms with Gasteiger partial charge in [0, 0.05) is 12.8 Å². The monoisotopic (exact) mass is 433 g/mol. The lowest BCUT2D eigenvalue weighted by Crippen LogP contribution is -2.20. The fourth-order valence-electron chi connectivity index (χ4n) is 3.61. The Kier molecular flexibility index (Phi) is 7.30. The van der Waals surface area contributed by atoms with E-state index in [-0.39, 0.29) is 18.6 Å². The second kappa shape index (κ2) is 10.7. The summed E-state index contributed by atoms with van der Waals surface area (Å²) in [5, 5.41) is 4.45. The topological polar surface area (TPSA) is 75.5 Å². The molecule has 2 aromatic heterocycles. The van der Waals surface area contributed by atoms with Crippen LogP contribution in [0.5, 0.6) is 5.75 Å². The van der Waals surface area contributed by atoms with Gasteiger partial charge in [0.25, 0.3) is 0 Å². The SMILES string of the molecule is COC(=O)C/C=C/c1cccc(COc2ccc(-c3ccnn3C3CCCCO3)nc2)c1. The number of carbonyl (C=O) groups is 1. The van der Waals surface area contributed by atoms with Gasteiger partial charge in [0.2, 0.25) is 0 Å². The average Bonchev–Trinajstić information content (AvgIpc) is 3.34. The molecule has 1 saturated heterocycles. The molecule has 0 bridgehead atoms. The summed E-state index contributed by atoms with van der Waals surface area (Å²) in [7, 11) is 1.38. The number of esters is 1. The van der Waals surface area contributed by atoms with Crippen molar-refractivity contribution in [3.8, 4) is 17.1 Å². The summed E-state index contributed by atoms with van der Waals surface area (Å²) in [4.78, 5) is 15.8. The number of nitrogens with zero attached hydrogens (tertiary/aromatic N) is 3. The maximum Gasteiger partial charge on any atom is 0.309 e. The Hall–Kier alpha value is -3.45. The van der Waals surface area contributed by atoms with E-state index in [0.717, 1.165) is 48.4 Å². The summed E-state index contributed by atoms with van der Waals surface area (Å²) >= 11 is 0. The second-order valence-electron chi connectivity index (χ2n) is 7.58. The van der Waals surface area contributed by atoms with Crippen LogP contribution in [0.25, 0.3) is 17.5 Å². The third-order valence-corrected chi connectivity index (χ3v) is 5.28. The van der Waals surface area contributed by atoms with E-state index in [1.165, 1.54) is 7.11 Å². The molecular formula is C25H27N3O4. The summed E-state index contributed by atoms with van der Waals surface area (Å²) in [6.45, 7) is 1.19. The zero-order valence-electron chi connectivity index (χ0n) is 18.1.